The molecule has 1 saturated heterocycles. The minimum atomic E-state index is -1.75. The van der Waals surface area contributed by atoms with E-state index in [2.05, 4.69) is 6.58 Å². The number of esters is 2. The van der Waals surface area contributed by atoms with Crippen molar-refractivity contribution in [3.8, 4) is 0 Å². The molecule has 1 fully saturated rings. The van der Waals surface area contributed by atoms with Crippen LogP contribution in [0.4, 0.5) is 0 Å². The number of hydrogen-bond donors (Lipinski definition) is 2. The van der Waals surface area contributed by atoms with Crippen LogP contribution >= 0.6 is 11.6 Å². The van der Waals surface area contributed by atoms with Gasteiger partial charge < -0.3 is 29.2 Å². The van der Waals surface area contributed by atoms with E-state index >= 15 is 0 Å². The number of rotatable bonds is 8. The van der Waals surface area contributed by atoms with Gasteiger partial charge in [-0.25, -0.2) is 4.79 Å². The summed E-state index contributed by atoms with van der Waals surface area (Å²) in [6.07, 6.45) is -5.46. The second kappa shape index (κ2) is 10.4. The lowest BCUT2D eigenvalue weighted by atomic mass is 9.98. The SMILES string of the molecule is [2H]C(Cl)C(=O)O[C@H]1[C@H](O)[C@@H](CO)OC(OCC=C)[C@@H]1OC(=O)c1ccccc1. The summed E-state index contributed by atoms with van der Waals surface area (Å²) in [6.45, 7) is 2.89. The molecular weight excluding hydrogens is 380 g/mol. The van der Waals surface area contributed by atoms with Crippen LogP contribution < -0.4 is 0 Å². The van der Waals surface area contributed by atoms with Crippen molar-refractivity contribution in [2.24, 2.45) is 0 Å². The van der Waals surface area contributed by atoms with Gasteiger partial charge in [-0.3, -0.25) is 4.79 Å². The minimum absolute atomic E-state index is 0.00442. The molecule has 0 saturated carbocycles. The summed E-state index contributed by atoms with van der Waals surface area (Å²) in [6, 6.07) is 8.00. The zero-order chi connectivity index (χ0) is 20.7. The molecule has 0 amide bonds. The molecule has 2 N–H and O–H groups in total. The molecule has 0 radical (unpaired) electrons. The van der Waals surface area contributed by atoms with E-state index in [9.17, 15) is 19.8 Å². The number of ether oxygens (including phenoxy) is 4. The molecule has 0 bridgehead atoms. The summed E-state index contributed by atoms with van der Waals surface area (Å²) in [5, 5.41) is 19.9. The van der Waals surface area contributed by atoms with E-state index in [1.807, 2.05) is 0 Å². The third-order valence-electron chi connectivity index (χ3n) is 3.77. The molecule has 1 aromatic carbocycles. The number of alkyl halides is 1. The first-order valence-corrected chi connectivity index (χ1v) is 8.52. The Morgan fingerprint density at radius 2 is 2.00 bits per heavy atom. The van der Waals surface area contributed by atoms with E-state index in [1.54, 1.807) is 18.2 Å². The predicted octanol–water partition coefficient (Wildman–Crippen LogP) is 0.643. The monoisotopic (exact) mass is 401 g/mol. The van der Waals surface area contributed by atoms with Crippen molar-refractivity contribution in [1.82, 2.24) is 0 Å². The van der Waals surface area contributed by atoms with Crippen LogP contribution in [0.15, 0.2) is 43.0 Å². The van der Waals surface area contributed by atoms with Gasteiger partial charge in [0.25, 0.3) is 0 Å². The molecule has 9 heteroatoms. The zero-order valence-electron chi connectivity index (χ0n) is 15.3. The summed E-state index contributed by atoms with van der Waals surface area (Å²) in [7, 11) is 0. The highest BCUT2D eigenvalue weighted by Crippen LogP contribution is 2.28. The standard InChI is InChI=1S/C18H21ClO8/c1-2-8-24-18-16(27-17(23)11-6-4-3-5-7-11)15(26-13(21)9-19)14(22)12(10-20)25-18/h2-7,12,14-16,18,20,22H,1,8-10H2/t12-,14-,15+,16-,18?/m1/s1/i9D/t9?,12-,14-,15+,16-,18?. The van der Waals surface area contributed by atoms with E-state index in [-0.39, 0.29) is 12.2 Å². The molecule has 1 aliphatic heterocycles. The summed E-state index contributed by atoms with van der Waals surface area (Å²) < 4.78 is 28.6. The van der Waals surface area contributed by atoms with E-state index in [0.717, 1.165) is 0 Å². The molecule has 27 heavy (non-hydrogen) atoms. The Morgan fingerprint density at radius 3 is 2.59 bits per heavy atom. The van der Waals surface area contributed by atoms with Crippen LogP contribution in [0.25, 0.3) is 0 Å². The Labute approximate surface area is 162 Å². The highest BCUT2D eigenvalue weighted by atomic mass is 35.5. The molecule has 1 heterocycles. The van der Waals surface area contributed by atoms with Gasteiger partial charge >= 0.3 is 11.9 Å². The predicted molar refractivity (Wildman–Crippen MR) is 94.1 cm³/mol. The maximum absolute atomic E-state index is 12.5. The Morgan fingerprint density at radius 1 is 1.30 bits per heavy atom. The quantitative estimate of drug-likeness (QED) is 0.371. The Balaban J connectivity index is 2.30. The molecule has 0 spiro atoms. The van der Waals surface area contributed by atoms with Gasteiger partial charge in [0.1, 0.15) is 18.1 Å². The summed E-state index contributed by atoms with van der Waals surface area (Å²) in [5.41, 5.74) is 0.213. The average molecular weight is 402 g/mol. The van der Waals surface area contributed by atoms with Crippen molar-refractivity contribution in [3.63, 3.8) is 0 Å². The molecule has 2 unspecified atom stereocenters. The lowest BCUT2D eigenvalue weighted by Gasteiger charge is -2.42. The highest BCUT2D eigenvalue weighted by molar-refractivity contribution is 6.26. The van der Waals surface area contributed by atoms with Crippen LogP contribution in [0.1, 0.15) is 11.7 Å². The first-order valence-electron chi connectivity index (χ1n) is 8.66. The molecule has 2 rings (SSSR count). The lowest BCUT2D eigenvalue weighted by molar-refractivity contribution is -0.299. The minimum Gasteiger partial charge on any atom is -0.454 e. The third kappa shape index (κ3) is 5.50. The molecule has 148 valence electrons. The van der Waals surface area contributed by atoms with Crippen LogP contribution in [-0.4, -0.2) is 71.9 Å². The van der Waals surface area contributed by atoms with Crippen molar-refractivity contribution in [2.75, 3.05) is 19.1 Å². The maximum Gasteiger partial charge on any atom is 0.338 e. The topological polar surface area (TPSA) is 112 Å². The van der Waals surface area contributed by atoms with Gasteiger partial charge in [-0.05, 0) is 12.1 Å². The number of aliphatic hydroxyl groups is 2. The van der Waals surface area contributed by atoms with Gasteiger partial charge in [0.15, 0.2) is 18.5 Å². The molecule has 0 aromatic heterocycles. The smallest absolute Gasteiger partial charge is 0.338 e. The zero-order valence-corrected chi connectivity index (χ0v) is 15.0. The second-order valence-corrected chi connectivity index (χ2v) is 5.80. The fourth-order valence-electron chi connectivity index (χ4n) is 2.52. The second-order valence-electron chi connectivity index (χ2n) is 5.58. The van der Waals surface area contributed by atoms with E-state index in [4.69, 9.17) is 31.9 Å². The van der Waals surface area contributed by atoms with Gasteiger partial charge in [-0.2, -0.15) is 0 Å². The molecule has 1 aromatic rings. The van der Waals surface area contributed by atoms with Crippen LogP contribution in [0.2, 0.25) is 0 Å². The molecule has 0 aliphatic carbocycles. The first-order chi connectivity index (χ1) is 13.4. The van der Waals surface area contributed by atoms with Crippen LogP contribution in [0.5, 0.6) is 0 Å². The number of aliphatic hydroxyl groups excluding tert-OH is 2. The third-order valence-corrected chi connectivity index (χ3v) is 3.95. The summed E-state index contributed by atoms with van der Waals surface area (Å²) >= 11 is 5.41. The Bertz CT molecular complexity index is 671. The fourth-order valence-corrected chi connectivity index (χ4v) is 2.58. The summed E-state index contributed by atoms with van der Waals surface area (Å²) in [4.78, 5) is 24.3. The number of hydrogen-bond acceptors (Lipinski definition) is 8. The van der Waals surface area contributed by atoms with Gasteiger partial charge in [0, 0.05) is 0 Å². The van der Waals surface area contributed by atoms with E-state index in [1.165, 1.54) is 18.2 Å². The maximum atomic E-state index is 12.5. The average Bonchev–Trinajstić information content (AvgIpc) is 2.70. The molecule has 6 atom stereocenters. The Kier molecular flexibility index (Phi) is 7.61. The van der Waals surface area contributed by atoms with Crippen molar-refractivity contribution in [3.05, 3.63) is 48.6 Å². The normalized spacial score (nSPS) is 29.3. The Hall–Kier alpha value is -1.97. The van der Waals surface area contributed by atoms with E-state index in [0.29, 0.717) is 0 Å². The fraction of sp³-hybridized carbons (Fsp3) is 0.444. The van der Waals surface area contributed by atoms with Crippen LogP contribution in [0, 0.1) is 0 Å². The van der Waals surface area contributed by atoms with Gasteiger partial charge in [0.2, 0.25) is 0 Å². The lowest BCUT2D eigenvalue weighted by Crippen LogP contribution is -2.61. The van der Waals surface area contributed by atoms with Crippen molar-refractivity contribution in [1.29, 1.82) is 0 Å². The number of benzene rings is 1. The summed E-state index contributed by atoms with van der Waals surface area (Å²) in [5.74, 6) is -3.68. The molecule has 8 nitrogen and oxygen atoms in total. The van der Waals surface area contributed by atoms with Crippen molar-refractivity contribution < 1.29 is 40.1 Å². The largest absolute Gasteiger partial charge is 0.454 e. The molecule has 1 aliphatic rings. The number of halogens is 1. The number of carbonyl (C=O) groups excluding carboxylic acids is 2. The van der Waals surface area contributed by atoms with E-state index < -0.39 is 55.1 Å². The van der Waals surface area contributed by atoms with Crippen LogP contribution in [0.3, 0.4) is 0 Å². The van der Waals surface area contributed by atoms with Crippen molar-refractivity contribution >= 4 is 23.5 Å². The first kappa shape index (κ1) is 19.8. The van der Waals surface area contributed by atoms with Crippen LogP contribution in [-0.2, 0) is 23.7 Å². The van der Waals surface area contributed by atoms with Gasteiger partial charge in [-0.1, -0.05) is 24.3 Å². The highest BCUT2D eigenvalue weighted by Gasteiger charge is 2.50. The van der Waals surface area contributed by atoms with Gasteiger partial charge in [-0.15, -0.1) is 18.2 Å². The molecular formula is C18H21ClO8. The number of carbonyl (C=O) groups is 2. The van der Waals surface area contributed by atoms with Crippen molar-refractivity contribution in [2.45, 2.75) is 30.7 Å². The van der Waals surface area contributed by atoms with Gasteiger partial charge in [0.05, 0.1) is 20.1 Å².